The van der Waals surface area contributed by atoms with Crippen LogP contribution in [0.3, 0.4) is 0 Å². The van der Waals surface area contributed by atoms with Crippen LogP contribution in [0.1, 0.15) is 162 Å². The van der Waals surface area contributed by atoms with E-state index in [0.717, 1.165) is 116 Å². The number of ether oxygens (including phenoxy) is 1. The van der Waals surface area contributed by atoms with Gasteiger partial charge in [-0.25, -0.2) is 4.79 Å². The molecule has 0 heterocycles. The summed E-state index contributed by atoms with van der Waals surface area (Å²) in [6.45, 7) is 4.69. The Labute approximate surface area is 341 Å². The number of nitrogens with one attached hydrogen (secondary N) is 1. The predicted molar refractivity (Wildman–Crippen MR) is 238 cm³/mol. The van der Waals surface area contributed by atoms with Gasteiger partial charge in [0.25, 0.3) is 0 Å². The summed E-state index contributed by atoms with van der Waals surface area (Å²) in [7, 11) is 0. The number of esters is 1. The molecule has 0 rings (SSSR count). The van der Waals surface area contributed by atoms with Gasteiger partial charge in [-0.2, -0.15) is 0 Å². The fourth-order valence-electron chi connectivity index (χ4n) is 5.62. The summed E-state index contributed by atoms with van der Waals surface area (Å²) in [5.41, 5.74) is 5.48. The van der Waals surface area contributed by atoms with Crippen molar-refractivity contribution in [3.8, 4) is 0 Å². The van der Waals surface area contributed by atoms with E-state index in [2.05, 4.69) is 122 Å². The van der Waals surface area contributed by atoms with Gasteiger partial charge in [-0.15, -0.1) is 0 Å². The molecule has 0 aromatic rings. The zero-order valence-corrected chi connectivity index (χ0v) is 35.2. The van der Waals surface area contributed by atoms with Crippen molar-refractivity contribution in [1.82, 2.24) is 5.32 Å². The summed E-state index contributed by atoms with van der Waals surface area (Å²) in [4.78, 5) is 36.3. The maximum absolute atomic E-state index is 12.8. The number of carbonyl (C=O) groups is 3. The summed E-state index contributed by atoms with van der Waals surface area (Å²) < 4.78 is 5.91. The van der Waals surface area contributed by atoms with Gasteiger partial charge >= 0.3 is 11.9 Å². The highest BCUT2D eigenvalue weighted by Crippen LogP contribution is 2.14. The molecule has 0 spiro atoms. The fraction of sp³-hybridized carbons (Fsp3) is 0.571. The van der Waals surface area contributed by atoms with Gasteiger partial charge in [0, 0.05) is 12.8 Å². The number of nitrogens with two attached hydrogens (primary N) is 1. The molecule has 0 bridgehead atoms. The van der Waals surface area contributed by atoms with Crippen molar-refractivity contribution >= 4 is 17.8 Å². The van der Waals surface area contributed by atoms with Crippen LogP contribution in [-0.4, -0.2) is 41.6 Å². The number of allylic oxidation sites excluding steroid dienone is 17. The Balaban J connectivity index is 4.50. The molecule has 0 saturated heterocycles. The number of unbranched alkanes of at least 4 members (excludes halogenated alkanes) is 7. The minimum Gasteiger partial charge on any atom is -0.480 e. The average molecular weight is 775 g/mol. The topological polar surface area (TPSA) is 119 Å². The first-order chi connectivity index (χ1) is 27.4. The number of aliphatic carboxylic acids is 1. The van der Waals surface area contributed by atoms with Crippen LogP contribution in [0.4, 0.5) is 0 Å². The van der Waals surface area contributed by atoms with E-state index in [1.807, 2.05) is 6.08 Å². The molecule has 0 aromatic carbocycles. The maximum Gasteiger partial charge on any atom is 0.326 e. The lowest BCUT2D eigenvalue weighted by atomic mass is 10.1. The molecule has 56 heavy (non-hydrogen) atoms. The standard InChI is InChI=1S/C49H78N2O5/c1-3-5-7-9-11-13-15-16-17-18-19-20-21-22-24-26-28-33-37-43-48(53)56-45(39-34-30-27-25-23-14-12-10-8-6-4-2)40-35-31-29-32-36-42-47(52)51-46(49(54)55)41-38-44-50/h5-8,11-14,16-17,19-20,22,24-25,27,34,39,45-46H,3-4,9-10,15,18,21,23,26,28-33,35-38,40-44,50H2,1-2H3,(H,51,52)(H,54,55)/b7-5-,8-6-,13-11-,14-12-,17-16-,20-19-,24-22-,27-25-,39-34-. The first kappa shape index (κ1) is 52.0. The van der Waals surface area contributed by atoms with E-state index in [9.17, 15) is 19.5 Å². The lowest BCUT2D eigenvalue weighted by Gasteiger charge is -2.15. The van der Waals surface area contributed by atoms with Crippen LogP contribution >= 0.6 is 0 Å². The van der Waals surface area contributed by atoms with Gasteiger partial charge in [-0.1, -0.05) is 143 Å². The Hall–Kier alpha value is -3.97. The number of rotatable bonds is 37. The Morgan fingerprint density at radius 3 is 1.50 bits per heavy atom. The van der Waals surface area contributed by atoms with Crippen molar-refractivity contribution < 1.29 is 24.2 Å². The van der Waals surface area contributed by atoms with Gasteiger partial charge < -0.3 is 20.9 Å². The SMILES string of the molecule is CC/C=C\C/C=C\C/C=C\C/C=C\C/C=C\CCCCCC(=O)OC(/C=C\C/C=C\C/C=C\C/C=C\CC)CCCCCCCC(=O)NC(CCCN)C(=O)O. The van der Waals surface area contributed by atoms with Gasteiger partial charge in [0.05, 0.1) is 0 Å². The van der Waals surface area contributed by atoms with E-state index in [1.54, 1.807) is 0 Å². The highest BCUT2D eigenvalue weighted by atomic mass is 16.5. The lowest BCUT2D eigenvalue weighted by molar-refractivity contribution is -0.147. The maximum atomic E-state index is 12.8. The summed E-state index contributed by atoms with van der Waals surface area (Å²) in [6, 6.07) is -0.876. The Bertz CT molecular complexity index is 1240. The molecule has 314 valence electrons. The average Bonchev–Trinajstić information content (AvgIpc) is 3.18. The van der Waals surface area contributed by atoms with Gasteiger partial charge in [-0.05, 0) is 122 Å². The molecule has 7 heteroatoms. The largest absolute Gasteiger partial charge is 0.480 e. The van der Waals surface area contributed by atoms with E-state index in [4.69, 9.17) is 10.5 Å². The summed E-state index contributed by atoms with van der Waals surface area (Å²) in [6.07, 6.45) is 58.6. The van der Waals surface area contributed by atoms with Crippen LogP contribution < -0.4 is 11.1 Å². The first-order valence-electron chi connectivity index (χ1n) is 21.7. The molecule has 0 aliphatic carbocycles. The number of hydrogen-bond acceptors (Lipinski definition) is 5. The van der Waals surface area contributed by atoms with Crippen molar-refractivity contribution in [1.29, 1.82) is 0 Å². The Kier molecular flexibility index (Phi) is 39.2. The molecule has 0 aliphatic heterocycles. The van der Waals surface area contributed by atoms with Crippen LogP contribution in [-0.2, 0) is 19.1 Å². The summed E-state index contributed by atoms with van der Waals surface area (Å²) in [5, 5.41) is 11.9. The minimum absolute atomic E-state index is 0.135. The second-order valence-electron chi connectivity index (χ2n) is 14.0. The fourth-order valence-corrected chi connectivity index (χ4v) is 5.62. The molecular weight excluding hydrogens is 697 g/mol. The molecule has 4 N–H and O–H groups in total. The molecule has 0 radical (unpaired) electrons. The summed E-state index contributed by atoms with van der Waals surface area (Å²) >= 11 is 0. The monoisotopic (exact) mass is 775 g/mol. The van der Waals surface area contributed by atoms with Crippen molar-refractivity contribution in [3.63, 3.8) is 0 Å². The van der Waals surface area contributed by atoms with Gasteiger partial charge in [0.1, 0.15) is 12.1 Å². The third-order valence-corrected chi connectivity index (χ3v) is 8.82. The Morgan fingerprint density at radius 2 is 0.982 bits per heavy atom. The number of hydrogen-bond donors (Lipinski definition) is 3. The predicted octanol–water partition coefficient (Wildman–Crippen LogP) is 12.4. The highest BCUT2D eigenvalue weighted by molar-refractivity contribution is 5.83. The molecule has 2 atom stereocenters. The second-order valence-corrected chi connectivity index (χ2v) is 14.0. The number of carboxylic acid groups (broad SMARTS) is 1. The van der Waals surface area contributed by atoms with E-state index in [1.165, 1.54) is 0 Å². The van der Waals surface area contributed by atoms with Gasteiger partial charge in [-0.3, -0.25) is 9.59 Å². The lowest BCUT2D eigenvalue weighted by Crippen LogP contribution is -2.40. The smallest absolute Gasteiger partial charge is 0.326 e. The normalized spacial score (nSPS) is 13.8. The zero-order valence-electron chi connectivity index (χ0n) is 35.2. The molecule has 2 unspecified atom stereocenters. The second kappa shape index (κ2) is 42.2. The van der Waals surface area contributed by atoms with Crippen molar-refractivity contribution in [3.05, 3.63) is 109 Å². The van der Waals surface area contributed by atoms with Crippen LogP contribution in [0.5, 0.6) is 0 Å². The molecule has 7 nitrogen and oxygen atoms in total. The molecule has 0 aliphatic rings. The van der Waals surface area contributed by atoms with Crippen LogP contribution in [0.25, 0.3) is 0 Å². The van der Waals surface area contributed by atoms with E-state index < -0.39 is 12.0 Å². The summed E-state index contributed by atoms with van der Waals surface area (Å²) in [5.74, 6) is -1.38. The van der Waals surface area contributed by atoms with Crippen molar-refractivity contribution in [2.45, 2.75) is 174 Å². The molecule has 0 aromatic heterocycles. The molecule has 0 fully saturated rings. The van der Waals surface area contributed by atoms with Crippen LogP contribution in [0.15, 0.2) is 109 Å². The molecule has 1 amide bonds. The number of amides is 1. The highest BCUT2D eigenvalue weighted by Gasteiger charge is 2.18. The molecule has 0 saturated carbocycles. The number of carboxylic acids is 1. The van der Waals surface area contributed by atoms with Crippen molar-refractivity contribution in [2.75, 3.05) is 6.54 Å². The minimum atomic E-state index is -1.02. The van der Waals surface area contributed by atoms with Gasteiger partial charge in [0.2, 0.25) is 5.91 Å². The number of carbonyl (C=O) groups excluding carboxylic acids is 2. The quantitative estimate of drug-likeness (QED) is 0.0328. The van der Waals surface area contributed by atoms with E-state index >= 15 is 0 Å². The van der Waals surface area contributed by atoms with Crippen LogP contribution in [0, 0.1) is 0 Å². The third-order valence-electron chi connectivity index (χ3n) is 8.82. The Morgan fingerprint density at radius 1 is 0.536 bits per heavy atom. The van der Waals surface area contributed by atoms with Crippen molar-refractivity contribution in [2.24, 2.45) is 5.73 Å². The van der Waals surface area contributed by atoms with E-state index in [0.29, 0.717) is 38.6 Å². The van der Waals surface area contributed by atoms with E-state index in [-0.39, 0.29) is 18.0 Å². The third kappa shape index (κ3) is 38.3. The van der Waals surface area contributed by atoms with Gasteiger partial charge in [0.15, 0.2) is 0 Å². The molecular formula is C49H78N2O5. The van der Waals surface area contributed by atoms with Crippen LogP contribution in [0.2, 0.25) is 0 Å². The first-order valence-corrected chi connectivity index (χ1v) is 21.7. The zero-order chi connectivity index (χ0) is 41.0.